The van der Waals surface area contributed by atoms with Crippen molar-refractivity contribution in [2.45, 2.75) is 26.4 Å². The van der Waals surface area contributed by atoms with Gasteiger partial charge in [0, 0.05) is 0 Å². The summed E-state index contributed by atoms with van der Waals surface area (Å²) in [6, 6.07) is 5.64. The predicted octanol–water partition coefficient (Wildman–Crippen LogP) is 3.65. The first-order valence-electron chi connectivity index (χ1n) is 5.63. The summed E-state index contributed by atoms with van der Waals surface area (Å²) in [6.07, 6.45) is 0. The zero-order valence-corrected chi connectivity index (χ0v) is 11.5. The van der Waals surface area contributed by atoms with E-state index >= 15 is 0 Å². The van der Waals surface area contributed by atoms with Gasteiger partial charge in [-0.3, -0.25) is 0 Å². The number of benzene rings is 1. The first-order chi connectivity index (χ1) is 8.37. The van der Waals surface area contributed by atoms with Gasteiger partial charge in [-0.1, -0.05) is 12.6 Å². The molecule has 1 aromatic carbocycles. The van der Waals surface area contributed by atoms with Gasteiger partial charge in [0.05, 0.1) is 21.3 Å². The third-order valence-corrected chi connectivity index (χ3v) is 3.12. The van der Waals surface area contributed by atoms with Gasteiger partial charge in [-0.2, -0.15) is 0 Å². The molecule has 0 aliphatic heterocycles. The average Bonchev–Trinajstić information content (AvgIpc) is 2.72. The van der Waals surface area contributed by atoms with E-state index in [1.807, 2.05) is 39.0 Å². The van der Waals surface area contributed by atoms with Crippen LogP contribution in [0.3, 0.4) is 0 Å². The Kier molecular flexibility index (Phi) is 3.22. The summed E-state index contributed by atoms with van der Waals surface area (Å²) < 4.78 is 6.34. The fraction of sp³-hybridized carbons (Fsp3) is 0.286. The van der Waals surface area contributed by atoms with Gasteiger partial charge in [0.25, 0.3) is 0 Å². The van der Waals surface area contributed by atoms with Crippen LogP contribution in [0, 0.1) is 0 Å². The molecule has 0 radical (unpaired) electrons. The zero-order chi connectivity index (χ0) is 13.3. The van der Waals surface area contributed by atoms with E-state index in [0.717, 1.165) is 15.8 Å². The van der Waals surface area contributed by atoms with Crippen molar-refractivity contribution in [3.05, 3.63) is 35.9 Å². The average molecular weight is 261 g/mol. The summed E-state index contributed by atoms with van der Waals surface area (Å²) in [4.78, 5) is 16.1. The Bertz CT molecular complexity index is 608. The van der Waals surface area contributed by atoms with Crippen LogP contribution in [0.5, 0.6) is 0 Å². The van der Waals surface area contributed by atoms with Crippen molar-refractivity contribution < 1.29 is 9.53 Å². The molecule has 0 fully saturated rings. The van der Waals surface area contributed by atoms with Gasteiger partial charge in [0.2, 0.25) is 0 Å². The molecule has 0 aliphatic carbocycles. The van der Waals surface area contributed by atoms with Crippen LogP contribution >= 0.6 is 11.3 Å². The van der Waals surface area contributed by atoms with Crippen molar-refractivity contribution in [2.75, 3.05) is 0 Å². The van der Waals surface area contributed by atoms with Crippen molar-refractivity contribution in [3.63, 3.8) is 0 Å². The second-order valence-corrected chi connectivity index (χ2v) is 5.90. The molecule has 0 unspecified atom stereocenters. The molecule has 4 heteroatoms. The Morgan fingerprint density at radius 2 is 2.11 bits per heavy atom. The molecule has 0 amide bonds. The van der Waals surface area contributed by atoms with Crippen LogP contribution in [-0.4, -0.2) is 16.6 Å². The first-order valence-corrected chi connectivity index (χ1v) is 6.51. The van der Waals surface area contributed by atoms with Crippen LogP contribution in [0.15, 0.2) is 30.3 Å². The number of esters is 1. The maximum atomic E-state index is 11.9. The SMILES string of the molecule is C=C(C(=O)OC(C)(C)C)c1ccc2ncsc2c1. The first kappa shape index (κ1) is 12.8. The van der Waals surface area contributed by atoms with Gasteiger partial charge < -0.3 is 4.74 Å². The van der Waals surface area contributed by atoms with Crippen LogP contribution < -0.4 is 0 Å². The van der Waals surface area contributed by atoms with E-state index in [9.17, 15) is 4.79 Å². The van der Waals surface area contributed by atoms with Crippen molar-refractivity contribution in [2.24, 2.45) is 0 Å². The van der Waals surface area contributed by atoms with Gasteiger partial charge >= 0.3 is 5.97 Å². The Hall–Kier alpha value is -1.68. The summed E-state index contributed by atoms with van der Waals surface area (Å²) in [7, 11) is 0. The minimum atomic E-state index is -0.505. The fourth-order valence-corrected chi connectivity index (χ4v) is 2.22. The molecule has 18 heavy (non-hydrogen) atoms. The summed E-state index contributed by atoms with van der Waals surface area (Å²) in [5.41, 5.74) is 3.36. The third-order valence-electron chi connectivity index (χ3n) is 2.33. The third kappa shape index (κ3) is 2.76. The van der Waals surface area contributed by atoms with E-state index in [2.05, 4.69) is 11.6 Å². The van der Waals surface area contributed by atoms with Gasteiger partial charge in [0.15, 0.2) is 0 Å². The molecule has 0 spiro atoms. The number of carbonyl (C=O) groups is 1. The van der Waals surface area contributed by atoms with E-state index in [0.29, 0.717) is 5.57 Å². The van der Waals surface area contributed by atoms with E-state index in [1.165, 1.54) is 11.3 Å². The molecule has 0 bridgehead atoms. The smallest absolute Gasteiger partial charge is 0.338 e. The molecule has 3 nitrogen and oxygen atoms in total. The summed E-state index contributed by atoms with van der Waals surface area (Å²) in [6.45, 7) is 9.32. The molecular formula is C14H15NO2S. The standard InChI is InChI=1S/C14H15NO2S/c1-9(13(16)17-14(2,3)4)10-5-6-11-12(7-10)18-8-15-11/h5-8H,1H2,2-4H3. The number of ether oxygens (including phenoxy) is 1. The second-order valence-electron chi connectivity index (χ2n) is 5.02. The monoisotopic (exact) mass is 261 g/mol. The summed E-state index contributed by atoms with van der Waals surface area (Å²) in [5, 5.41) is 0. The molecular weight excluding hydrogens is 246 g/mol. The maximum Gasteiger partial charge on any atom is 0.338 e. The number of hydrogen-bond acceptors (Lipinski definition) is 4. The summed E-state index contributed by atoms with van der Waals surface area (Å²) >= 11 is 1.54. The highest BCUT2D eigenvalue weighted by Crippen LogP contribution is 2.24. The minimum Gasteiger partial charge on any atom is -0.456 e. The Balaban J connectivity index is 2.25. The molecule has 0 N–H and O–H groups in total. The lowest BCUT2D eigenvalue weighted by atomic mass is 10.1. The summed E-state index contributed by atoms with van der Waals surface area (Å²) in [5.74, 6) is -0.383. The number of hydrogen-bond donors (Lipinski definition) is 0. The van der Waals surface area contributed by atoms with Crippen molar-refractivity contribution in [3.8, 4) is 0 Å². The van der Waals surface area contributed by atoms with E-state index < -0.39 is 5.60 Å². The highest BCUT2D eigenvalue weighted by molar-refractivity contribution is 7.16. The van der Waals surface area contributed by atoms with Crippen LogP contribution in [0.2, 0.25) is 0 Å². The quantitative estimate of drug-likeness (QED) is 0.612. The molecule has 2 rings (SSSR count). The van der Waals surface area contributed by atoms with E-state index in [1.54, 1.807) is 5.51 Å². The lowest BCUT2D eigenvalue weighted by Gasteiger charge is -2.20. The number of nitrogens with zero attached hydrogens (tertiary/aromatic N) is 1. The number of fused-ring (bicyclic) bond motifs is 1. The molecule has 0 aliphatic rings. The van der Waals surface area contributed by atoms with Crippen LogP contribution in [0.4, 0.5) is 0 Å². The van der Waals surface area contributed by atoms with Gasteiger partial charge in [-0.25, -0.2) is 9.78 Å². The lowest BCUT2D eigenvalue weighted by molar-refractivity contribution is -0.147. The molecule has 1 heterocycles. The second kappa shape index (κ2) is 4.53. The van der Waals surface area contributed by atoms with Gasteiger partial charge in [0.1, 0.15) is 5.60 Å². The number of rotatable bonds is 2. The van der Waals surface area contributed by atoms with Gasteiger partial charge in [-0.15, -0.1) is 11.3 Å². The largest absolute Gasteiger partial charge is 0.456 e. The van der Waals surface area contributed by atoms with Crippen LogP contribution in [-0.2, 0) is 9.53 Å². The van der Waals surface area contributed by atoms with Crippen molar-refractivity contribution in [1.82, 2.24) is 4.98 Å². The predicted molar refractivity (Wildman–Crippen MR) is 74.5 cm³/mol. The highest BCUT2D eigenvalue weighted by Gasteiger charge is 2.19. The molecule has 0 saturated heterocycles. The fourth-order valence-electron chi connectivity index (χ4n) is 1.50. The number of thiazole rings is 1. The van der Waals surface area contributed by atoms with E-state index in [-0.39, 0.29) is 5.97 Å². The van der Waals surface area contributed by atoms with E-state index in [4.69, 9.17) is 4.74 Å². The van der Waals surface area contributed by atoms with Crippen molar-refractivity contribution in [1.29, 1.82) is 0 Å². The van der Waals surface area contributed by atoms with Crippen LogP contribution in [0.25, 0.3) is 15.8 Å². The minimum absolute atomic E-state index is 0.375. The highest BCUT2D eigenvalue weighted by atomic mass is 32.1. The molecule has 1 aromatic heterocycles. The molecule has 2 aromatic rings. The van der Waals surface area contributed by atoms with Crippen molar-refractivity contribution >= 4 is 33.1 Å². The Morgan fingerprint density at radius 3 is 2.78 bits per heavy atom. The molecule has 94 valence electrons. The molecule has 0 atom stereocenters. The topological polar surface area (TPSA) is 39.2 Å². The molecule has 0 saturated carbocycles. The van der Waals surface area contributed by atoms with Crippen LogP contribution in [0.1, 0.15) is 26.3 Å². The van der Waals surface area contributed by atoms with Gasteiger partial charge in [-0.05, 0) is 38.5 Å². The lowest BCUT2D eigenvalue weighted by Crippen LogP contribution is -2.24. The Labute approximate surface area is 110 Å². The number of aromatic nitrogens is 1. The zero-order valence-electron chi connectivity index (χ0n) is 10.7. The Morgan fingerprint density at radius 1 is 1.39 bits per heavy atom. The maximum absolute atomic E-state index is 11.9. The number of carbonyl (C=O) groups excluding carboxylic acids is 1. The normalized spacial score (nSPS) is 11.5.